The molecule has 0 aliphatic carbocycles. The van der Waals surface area contributed by atoms with E-state index in [1.165, 1.54) is 15.9 Å². The van der Waals surface area contributed by atoms with E-state index in [2.05, 4.69) is 6.58 Å². The lowest BCUT2D eigenvalue weighted by molar-refractivity contribution is -0.137. The fraction of sp³-hybridized carbons (Fsp3) is 0.400. The van der Waals surface area contributed by atoms with Crippen LogP contribution in [-0.2, 0) is 20.8 Å². The number of anilines is 1. The summed E-state index contributed by atoms with van der Waals surface area (Å²) in [4.78, 5) is 37.5. The van der Waals surface area contributed by atoms with Crippen LogP contribution < -0.4 is 4.90 Å². The first kappa shape index (κ1) is 15.8. The van der Waals surface area contributed by atoms with Gasteiger partial charge in [0.1, 0.15) is 11.8 Å². The van der Waals surface area contributed by atoms with Gasteiger partial charge in [-0.3, -0.25) is 19.3 Å². The van der Waals surface area contributed by atoms with Gasteiger partial charge in [-0.25, -0.2) is 0 Å². The van der Waals surface area contributed by atoms with Crippen molar-refractivity contribution in [2.45, 2.75) is 25.8 Å². The molecule has 0 aromatic carbocycles. The quantitative estimate of drug-likeness (QED) is 0.821. The van der Waals surface area contributed by atoms with Crippen molar-refractivity contribution in [2.24, 2.45) is 0 Å². The Hall–Kier alpha value is -2.57. The molecule has 118 valence electrons. The fourth-order valence-electron chi connectivity index (χ4n) is 2.38. The number of aliphatic carboxylic acids is 1. The van der Waals surface area contributed by atoms with Crippen LogP contribution in [0.4, 0.5) is 5.88 Å². The van der Waals surface area contributed by atoms with Crippen molar-refractivity contribution in [1.29, 1.82) is 0 Å². The molecule has 1 aliphatic rings. The topological polar surface area (TPSA) is 91.1 Å². The number of nitrogens with zero attached hydrogens (tertiary/aromatic N) is 2. The molecular weight excluding hydrogens is 288 g/mol. The second-order valence-electron chi connectivity index (χ2n) is 5.04. The molecule has 22 heavy (non-hydrogen) atoms. The third-order valence-corrected chi connectivity index (χ3v) is 3.61. The summed E-state index contributed by atoms with van der Waals surface area (Å²) in [7, 11) is 0. The van der Waals surface area contributed by atoms with E-state index in [-0.39, 0.29) is 24.7 Å². The van der Waals surface area contributed by atoms with Gasteiger partial charge in [-0.15, -0.1) is 0 Å². The molecule has 2 heterocycles. The second-order valence-corrected chi connectivity index (χ2v) is 5.04. The molecule has 1 saturated heterocycles. The van der Waals surface area contributed by atoms with Gasteiger partial charge in [0.15, 0.2) is 0 Å². The van der Waals surface area contributed by atoms with Crippen LogP contribution in [0.15, 0.2) is 29.2 Å². The van der Waals surface area contributed by atoms with E-state index in [0.717, 1.165) is 0 Å². The molecule has 1 aromatic rings. The number of carboxylic acids is 1. The van der Waals surface area contributed by atoms with E-state index >= 15 is 0 Å². The third-order valence-electron chi connectivity index (χ3n) is 3.61. The third kappa shape index (κ3) is 3.19. The SMILES string of the molecule is C=CC(=O)N1CCN(c2ccc(CCC(=O)O)o2)C(=O)C1C. The Kier molecular flexibility index (Phi) is 4.65. The Morgan fingerprint density at radius 2 is 2.18 bits per heavy atom. The van der Waals surface area contributed by atoms with Gasteiger partial charge in [-0.2, -0.15) is 0 Å². The van der Waals surface area contributed by atoms with Crippen LogP contribution in [0.25, 0.3) is 0 Å². The molecule has 1 atom stereocenters. The molecule has 0 bridgehead atoms. The Labute approximate surface area is 127 Å². The summed E-state index contributed by atoms with van der Waals surface area (Å²) in [6, 6.07) is 2.72. The van der Waals surface area contributed by atoms with Crippen molar-refractivity contribution in [3.8, 4) is 0 Å². The number of amides is 2. The maximum atomic E-state index is 12.4. The van der Waals surface area contributed by atoms with Crippen molar-refractivity contribution in [1.82, 2.24) is 4.90 Å². The van der Waals surface area contributed by atoms with Gasteiger partial charge in [-0.1, -0.05) is 6.58 Å². The average molecular weight is 306 g/mol. The smallest absolute Gasteiger partial charge is 0.303 e. The van der Waals surface area contributed by atoms with E-state index < -0.39 is 12.0 Å². The molecule has 0 radical (unpaired) electrons. The summed E-state index contributed by atoms with van der Waals surface area (Å²) in [6.45, 7) is 5.80. The fourth-order valence-corrected chi connectivity index (χ4v) is 2.38. The van der Waals surface area contributed by atoms with Crippen molar-refractivity contribution < 1.29 is 23.9 Å². The molecule has 1 aliphatic heterocycles. The molecule has 1 unspecified atom stereocenters. The summed E-state index contributed by atoms with van der Waals surface area (Å²) in [6.07, 6.45) is 1.43. The highest BCUT2D eigenvalue weighted by atomic mass is 16.4. The first-order chi connectivity index (χ1) is 10.4. The number of rotatable bonds is 5. The molecule has 0 saturated carbocycles. The number of piperazine rings is 1. The lowest BCUT2D eigenvalue weighted by atomic mass is 10.1. The molecule has 1 fully saturated rings. The summed E-state index contributed by atoms with van der Waals surface area (Å²) < 4.78 is 5.53. The Morgan fingerprint density at radius 1 is 1.45 bits per heavy atom. The van der Waals surface area contributed by atoms with Crippen molar-refractivity contribution in [2.75, 3.05) is 18.0 Å². The lowest BCUT2D eigenvalue weighted by Crippen LogP contribution is -2.57. The number of carbonyl (C=O) groups excluding carboxylic acids is 2. The molecule has 2 amide bonds. The van der Waals surface area contributed by atoms with E-state index in [9.17, 15) is 14.4 Å². The number of carbonyl (C=O) groups is 3. The van der Waals surface area contributed by atoms with Crippen LogP contribution in [0.1, 0.15) is 19.1 Å². The highest BCUT2D eigenvalue weighted by Crippen LogP contribution is 2.23. The van der Waals surface area contributed by atoms with Gasteiger partial charge in [0.25, 0.3) is 5.91 Å². The van der Waals surface area contributed by atoms with Crippen LogP contribution in [0.2, 0.25) is 0 Å². The van der Waals surface area contributed by atoms with Gasteiger partial charge in [0.2, 0.25) is 11.8 Å². The van der Waals surface area contributed by atoms with Crippen molar-refractivity contribution >= 4 is 23.7 Å². The molecular formula is C15H18N2O5. The molecule has 2 rings (SSSR count). The van der Waals surface area contributed by atoms with Crippen LogP contribution in [-0.4, -0.2) is 46.9 Å². The molecule has 7 heteroatoms. The highest BCUT2D eigenvalue weighted by Gasteiger charge is 2.35. The summed E-state index contributed by atoms with van der Waals surface area (Å²) in [5, 5.41) is 8.66. The standard InChI is InChI=1S/C15H18N2O5/c1-3-12(18)16-8-9-17(15(21)10(16)2)13-6-4-11(22-13)5-7-14(19)20/h3-4,6,10H,1,5,7-9H2,2H3,(H,19,20). The average Bonchev–Trinajstić information content (AvgIpc) is 2.95. The zero-order chi connectivity index (χ0) is 16.3. The van der Waals surface area contributed by atoms with Crippen molar-refractivity contribution in [3.63, 3.8) is 0 Å². The number of carboxylic acid groups (broad SMARTS) is 1. The summed E-state index contributed by atoms with van der Waals surface area (Å²) in [5.41, 5.74) is 0. The zero-order valence-electron chi connectivity index (χ0n) is 12.3. The largest absolute Gasteiger partial charge is 0.481 e. The van der Waals surface area contributed by atoms with Gasteiger partial charge in [-0.05, 0) is 19.1 Å². The minimum atomic E-state index is -0.904. The second kappa shape index (κ2) is 6.46. The number of hydrogen-bond acceptors (Lipinski definition) is 4. The Morgan fingerprint density at radius 3 is 2.82 bits per heavy atom. The molecule has 0 spiro atoms. The minimum Gasteiger partial charge on any atom is -0.481 e. The monoisotopic (exact) mass is 306 g/mol. The normalized spacial score (nSPS) is 18.4. The van der Waals surface area contributed by atoms with Crippen LogP contribution in [0, 0.1) is 0 Å². The van der Waals surface area contributed by atoms with E-state index in [1.807, 2.05) is 0 Å². The highest BCUT2D eigenvalue weighted by molar-refractivity contribution is 6.00. The first-order valence-electron chi connectivity index (χ1n) is 6.99. The van der Waals surface area contributed by atoms with Crippen LogP contribution in [0.3, 0.4) is 0 Å². The number of hydrogen-bond donors (Lipinski definition) is 1. The van der Waals surface area contributed by atoms with Gasteiger partial charge in [0.05, 0.1) is 6.42 Å². The van der Waals surface area contributed by atoms with Crippen LogP contribution >= 0.6 is 0 Å². The van der Waals surface area contributed by atoms with Gasteiger partial charge < -0.3 is 14.4 Å². The van der Waals surface area contributed by atoms with Crippen molar-refractivity contribution in [3.05, 3.63) is 30.5 Å². The predicted octanol–water partition coefficient (Wildman–Crippen LogP) is 1.05. The summed E-state index contributed by atoms with van der Waals surface area (Å²) in [5.74, 6) is -0.521. The maximum Gasteiger partial charge on any atom is 0.303 e. The number of aryl methyl sites for hydroxylation is 1. The summed E-state index contributed by atoms with van der Waals surface area (Å²) >= 11 is 0. The van der Waals surface area contributed by atoms with E-state index in [0.29, 0.717) is 24.7 Å². The molecule has 1 N–H and O–H groups in total. The molecule has 1 aromatic heterocycles. The molecule has 7 nitrogen and oxygen atoms in total. The predicted molar refractivity (Wildman–Crippen MR) is 78.4 cm³/mol. The first-order valence-corrected chi connectivity index (χ1v) is 6.99. The minimum absolute atomic E-state index is 0.0289. The van der Waals surface area contributed by atoms with Gasteiger partial charge in [0, 0.05) is 25.6 Å². The Balaban J connectivity index is 2.08. The van der Waals surface area contributed by atoms with Crippen LogP contribution in [0.5, 0.6) is 0 Å². The van der Waals surface area contributed by atoms with E-state index in [4.69, 9.17) is 9.52 Å². The Bertz CT molecular complexity index is 607. The zero-order valence-corrected chi connectivity index (χ0v) is 12.3. The van der Waals surface area contributed by atoms with Gasteiger partial charge >= 0.3 is 5.97 Å². The van der Waals surface area contributed by atoms with E-state index in [1.54, 1.807) is 19.1 Å². The lowest BCUT2D eigenvalue weighted by Gasteiger charge is -2.37. The maximum absolute atomic E-state index is 12.4. The number of furan rings is 1.